The van der Waals surface area contributed by atoms with Gasteiger partial charge in [-0.1, -0.05) is 0 Å². The highest BCUT2D eigenvalue weighted by Gasteiger charge is 2.12. The Kier molecular flexibility index (Phi) is 3.35. The molecule has 0 unspecified atom stereocenters. The number of benzene rings is 1. The molecular weight excluding hydrogens is 264 g/mol. The number of hydrogen-bond donors (Lipinski definition) is 3. The summed E-state index contributed by atoms with van der Waals surface area (Å²) >= 11 is 4.94. The van der Waals surface area contributed by atoms with E-state index in [1.54, 1.807) is 12.1 Å². The van der Waals surface area contributed by atoms with E-state index in [9.17, 15) is 5.11 Å². The van der Waals surface area contributed by atoms with Crippen LogP contribution in [0.5, 0.6) is 11.5 Å². The Balaban J connectivity index is 2.72. The summed E-state index contributed by atoms with van der Waals surface area (Å²) in [5, 5.41) is 18.7. The molecule has 1 heterocycles. The van der Waals surface area contributed by atoms with Crippen LogP contribution < -0.4 is 10.5 Å². The number of aromatic hydroxyl groups is 1. The van der Waals surface area contributed by atoms with Gasteiger partial charge in [0.25, 0.3) is 0 Å². The Labute approximate surface area is 114 Å². The van der Waals surface area contributed by atoms with Crippen molar-refractivity contribution in [3.63, 3.8) is 0 Å². The average molecular weight is 274 g/mol. The number of nitrogens with two attached hydrogens (primary N) is 1. The zero-order valence-corrected chi connectivity index (χ0v) is 10.8. The van der Waals surface area contributed by atoms with Gasteiger partial charge in [-0.3, -0.25) is 0 Å². The van der Waals surface area contributed by atoms with E-state index in [0.717, 1.165) is 0 Å². The van der Waals surface area contributed by atoms with Gasteiger partial charge < -0.3 is 20.6 Å². The Bertz CT molecular complexity index is 733. The molecule has 0 atom stereocenters. The van der Waals surface area contributed by atoms with Crippen LogP contribution in [0.25, 0.3) is 11.3 Å². The minimum atomic E-state index is 0.00498. The van der Waals surface area contributed by atoms with Crippen molar-refractivity contribution in [3.8, 4) is 28.8 Å². The number of methoxy groups -OCH3 is 1. The number of nitrogen functional groups attached to an aromatic ring is 1. The van der Waals surface area contributed by atoms with Gasteiger partial charge in [-0.25, -0.2) is 4.98 Å². The topological polar surface area (TPSA) is 108 Å². The van der Waals surface area contributed by atoms with Crippen molar-refractivity contribution < 1.29 is 9.84 Å². The Hall–Kier alpha value is -2.59. The molecule has 0 aliphatic carbocycles. The van der Waals surface area contributed by atoms with E-state index < -0.39 is 0 Å². The fraction of sp³-hybridized carbons (Fsp3) is 0.0833. The monoisotopic (exact) mass is 274 g/mol. The highest BCUT2D eigenvalue weighted by molar-refractivity contribution is 7.71. The summed E-state index contributed by atoms with van der Waals surface area (Å²) in [5.74, 6) is 0.356. The van der Waals surface area contributed by atoms with E-state index in [1.165, 1.54) is 13.2 Å². The molecule has 0 fully saturated rings. The van der Waals surface area contributed by atoms with Crippen LogP contribution in [0.15, 0.2) is 18.2 Å². The molecule has 0 saturated heterocycles. The third kappa shape index (κ3) is 2.34. The molecule has 1 aromatic carbocycles. The van der Waals surface area contributed by atoms with Gasteiger partial charge in [-0.05, 0) is 30.4 Å². The molecule has 0 bridgehead atoms. The summed E-state index contributed by atoms with van der Waals surface area (Å²) in [6, 6.07) is 6.64. The lowest BCUT2D eigenvalue weighted by Gasteiger charge is -2.09. The molecule has 0 radical (unpaired) electrons. The summed E-state index contributed by atoms with van der Waals surface area (Å²) in [4.78, 5) is 6.64. The zero-order valence-electron chi connectivity index (χ0n) is 9.97. The van der Waals surface area contributed by atoms with Gasteiger partial charge in [0.2, 0.25) is 0 Å². The Morgan fingerprint density at radius 2 is 2.26 bits per heavy atom. The summed E-state index contributed by atoms with van der Waals surface area (Å²) in [6.07, 6.45) is 0. The van der Waals surface area contributed by atoms with E-state index in [2.05, 4.69) is 9.97 Å². The van der Waals surface area contributed by atoms with Gasteiger partial charge in [0.15, 0.2) is 16.3 Å². The largest absolute Gasteiger partial charge is 0.504 e. The fourth-order valence-electron chi connectivity index (χ4n) is 1.65. The average Bonchev–Trinajstić information content (AvgIpc) is 2.38. The minimum Gasteiger partial charge on any atom is -0.504 e. The van der Waals surface area contributed by atoms with Crippen LogP contribution in [-0.2, 0) is 0 Å². The molecule has 0 aliphatic heterocycles. The van der Waals surface area contributed by atoms with E-state index in [1.807, 2.05) is 6.07 Å². The highest BCUT2D eigenvalue weighted by Crippen LogP contribution is 2.32. The summed E-state index contributed by atoms with van der Waals surface area (Å²) in [7, 11) is 1.44. The van der Waals surface area contributed by atoms with Crippen molar-refractivity contribution in [2.45, 2.75) is 0 Å². The maximum atomic E-state index is 9.56. The van der Waals surface area contributed by atoms with Gasteiger partial charge in [0.1, 0.15) is 17.5 Å². The van der Waals surface area contributed by atoms with Crippen molar-refractivity contribution in [3.05, 3.63) is 28.5 Å². The molecule has 0 spiro atoms. The molecule has 6 nitrogen and oxygen atoms in total. The SMILES string of the molecule is COc1cc(-c2[nH]c(=S)nc(N)c2C#N)ccc1O. The number of ether oxygens (including phenoxy) is 1. The van der Waals surface area contributed by atoms with Gasteiger partial charge in [0, 0.05) is 5.56 Å². The van der Waals surface area contributed by atoms with Crippen molar-refractivity contribution >= 4 is 18.0 Å². The third-order valence-electron chi connectivity index (χ3n) is 2.54. The van der Waals surface area contributed by atoms with Crippen LogP contribution in [0, 0.1) is 16.1 Å². The van der Waals surface area contributed by atoms with Crippen LogP contribution in [0.1, 0.15) is 5.56 Å². The second-order valence-corrected chi connectivity index (χ2v) is 4.06. The first kappa shape index (κ1) is 12.9. The van der Waals surface area contributed by atoms with E-state index in [4.69, 9.17) is 28.0 Å². The second kappa shape index (κ2) is 4.96. The minimum absolute atomic E-state index is 0.00498. The first-order chi connectivity index (χ1) is 9.06. The molecule has 96 valence electrons. The second-order valence-electron chi connectivity index (χ2n) is 3.68. The maximum absolute atomic E-state index is 9.56. The lowest BCUT2D eigenvalue weighted by molar-refractivity contribution is 0.373. The number of H-pyrrole nitrogens is 1. The molecule has 2 rings (SSSR count). The van der Waals surface area contributed by atoms with Gasteiger partial charge in [-0.15, -0.1) is 0 Å². The van der Waals surface area contributed by atoms with Gasteiger partial charge >= 0.3 is 0 Å². The molecule has 0 aliphatic rings. The molecule has 4 N–H and O–H groups in total. The normalized spacial score (nSPS) is 9.89. The number of rotatable bonds is 2. The van der Waals surface area contributed by atoms with Crippen LogP contribution in [0.3, 0.4) is 0 Å². The smallest absolute Gasteiger partial charge is 0.199 e. The lowest BCUT2D eigenvalue weighted by Crippen LogP contribution is -2.01. The van der Waals surface area contributed by atoms with Crippen molar-refractivity contribution in [1.29, 1.82) is 5.26 Å². The Morgan fingerprint density at radius 1 is 1.53 bits per heavy atom. The number of phenols is 1. The third-order valence-corrected chi connectivity index (χ3v) is 2.73. The first-order valence-electron chi connectivity index (χ1n) is 5.24. The molecule has 1 aromatic heterocycles. The molecule has 19 heavy (non-hydrogen) atoms. The Morgan fingerprint density at radius 3 is 2.89 bits per heavy atom. The van der Waals surface area contributed by atoms with E-state index in [-0.39, 0.29) is 27.7 Å². The first-order valence-corrected chi connectivity index (χ1v) is 5.65. The lowest BCUT2D eigenvalue weighted by atomic mass is 10.1. The summed E-state index contributed by atoms with van der Waals surface area (Å²) in [5.41, 5.74) is 6.93. The number of nitriles is 1. The van der Waals surface area contributed by atoms with Crippen LogP contribution >= 0.6 is 12.2 Å². The molecule has 0 saturated carbocycles. The van der Waals surface area contributed by atoms with Crippen molar-refractivity contribution in [1.82, 2.24) is 9.97 Å². The maximum Gasteiger partial charge on any atom is 0.199 e. The van der Waals surface area contributed by atoms with Crippen molar-refractivity contribution in [2.75, 3.05) is 12.8 Å². The number of nitrogens with one attached hydrogen (secondary N) is 1. The number of hydrogen-bond acceptors (Lipinski definition) is 6. The van der Waals surface area contributed by atoms with Crippen LogP contribution in [-0.4, -0.2) is 22.2 Å². The molecule has 0 amide bonds. The van der Waals surface area contributed by atoms with Crippen LogP contribution in [0.4, 0.5) is 5.82 Å². The number of phenolic OH excluding ortho intramolecular Hbond substituents is 1. The predicted octanol–water partition coefficient (Wildman–Crippen LogP) is 1.97. The molecular formula is C12H10N4O2S. The predicted molar refractivity (Wildman–Crippen MR) is 72.2 cm³/mol. The van der Waals surface area contributed by atoms with Crippen molar-refractivity contribution in [2.24, 2.45) is 0 Å². The highest BCUT2D eigenvalue weighted by atomic mass is 32.1. The molecule has 7 heteroatoms. The van der Waals surface area contributed by atoms with Gasteiger partial charge in [-0.2, -0.15) is 5.26 Å². The quantitative estimate of drug-likeness (QED) is 0.722. The number of nitrogens with zero attached hydrogens (tertiary/aromatic N) is 2. The standard InChI is InChI=1S/C12H10N4O2S/c1-18-9-4-6(2-3-8(9)17)10-7(5-13)11(14)16-12(19)15-10/h2-4,17H,1H3,(H3,14,15,16,19). The number of aromatic nitrogens is 2. The summed E-state index contributed by atoms with van der Waals surface area (Å²) < 4.78 is 5.20. The fourth-order valence-corrected chi connectivity index (χ4v) is 1.85. The van der Waals surface area contributed by atoms with Gasteiger partial charge in [0.05, 0.1) is 12.8 Å². The summed E-state index contributed by atoms with van der Waals surface area (Å²) in [6.45, 7) is 0. The number of anilines is 1. The van der Waals surface area contributed by atoms with E-state index >= 15 is 0 Å². The van der Waals surface area contributed by atoms with E-state index in [0.29, 0.717) is 11.3 Å². The van der Waals surface area contributed by atoms with Crippen LogP contribution in [0.2, 0.25) is 0 Å². The molecule has 2 aromatic rings. The number of aromatic amines is 1. The zero-order chi connectivity index (χ0) is 14.0.